The average Bonchev–Trinajstić information content (AvgIpc) is 2.76. The van der Waals surface area contributed by atoms with Gasteiger partial charge in [0.25, 0.3) is 5.91 Å². The molecular weight excluding hydrogens is 326 g/mol. The number of rotatable bonds is 2. The monoisotopic (exact) mass is 337 g/mol. The molecule has 0 aliphatic carbocycles. The van der Waals surface area contributed by atoms with Crippen molar-refractivity contribution < 1.29 is 14.4 Å². The van der Waals surface area contributed by atoms with Crippen LogP contribution in [0.4, 0.5) is 5.69 Å². The predicted molar refractivity (Wildman–Crippen MR) is 75.0 cm³/mol. The number of carbonyl (C=O) groups is 3. The molecule has 2 N–H and O–H groups in total. The van der Waals surface area contributed by atoms with Crippen LogP contribution in [0.15, 0.2) is 18.2 Å². The summed E-state index contributed by atoms with van der Waals surface area (Å²) < 4.78 is 2.87. The van der Waals surface area contributed by atoms with Gasteiger partial charge in [-0.05, 0) is 18.6 Å². The summed E-state index contributed by atoms with van der Waals surface area (Å²) in [7, 11) is 0. The molecule has 0 spiro atoms. The number of hydrogen-bond donors (Lipinski definition) is 2. The van der Waals surface area contributed by atoms with E-state index in [0.29, 0.717) is 18.5 Å². The smallest absolute Gasteiger partial charge is 0.255 e. The number of halogens is 1. The topological polar surface area (TPSA) is 78.5 Å². The lowest BCUT2D eigenvalue weighted by Crippen LogP contribution is -2.52. The van der Waals surface area contributed by atoms with Crippen LogP contribution in [0.3, 0.4) is 0 Å². The van der Waals surface area contributed by atoms with Gasteiger partial charge in [0, 0.05) is 45.9 Å². The van der Waals surface area contributed by atoms with Gasteiger partial charge in [-0.1, -0.05) is 6.07 Å². The number of nitrogens with zero attached hydrogens (tertiary/aromatic N) is 1. The zero-order valence-corrected chi connectivity index (χ0v) is 12.1. The number of anilines is 1. The molecule has 0 aromatic heterocycles. The fraction of sp³-hybridized carbons (Fsp3) is 0.308. The second kappa shape index (κ2) is 4.90. The lowest BCUT2D eigenvalue weighted by molar-refractivity contribution is -0.136. The summed E-state index contributed by atoms with van der Waals surface area (Å²) in [6.07, 6.45) is 0.640. The lowest BCUT2D eigenvalue weighted by atomic mass is 10.0. The number of amides is 3. The summed E-state index contributed by atoms with van der Waals surface area (Å²) in [5.74, 6) is -0.840. The van der Waals surface area contributed by atoms with E-state index in [1.54, 1.807) is 12.1 Å². The molecular formula is C13H12BrN3O3. The maximum absolute atomic E-state index is 12.4. The quantitative estimate of drug-likeness (QED) is 0.627. The van der Waals surface area contributed by atoms with Gasteiger partial charge in [0.1, 0.15) is 6.04 Å². The third-order valence-corrected chi connectivity index (χ3v) is 4.11. The maximum atomic E-state index is 12.4. The first-order valence-corrected chi connectivity index (χ1v) is 7.04. The number of nitrogens with one attached hydrogen (secondary N) is 2. The van der Waals surface area contributed by atoms with Crippen LogP contribution >= 0.6 is 16.1 Å². The highest BCUT2D eigenvalue weighted by Crippen LogP contribution is 2.32. The highest BCUT2D eigenvalue weighted by Gasteiger charge is 2.39. The van der Waals surface area contributed by atoms with E-state index in [9.17, 15) is 14.4 Å². The van der Waals surface area contributed by atoms with E-state index in [-0.39, 0.29) is 18.2 Å². The maximum Gasteiger partial charge on any atom is 0.255 e. The van der Waals surface area contributed by atoms with Crippen molar-refractivity contribution in [2.75, 3.05) is 4.34 Å². The Balaban J connectivity index is 1.90. The summed E-state index contributed by atoms with van der Waals surface area (Å²) in [4.78, 5) is 37.0. The first kappa shape index (κ1) is 13.1. The normalized spacial score (nSPS) is 21.8. The summed E-state index contributed by atoms with van der Waals surface area (Å²) in [6, 6.07) is 4.82. The van der Waals surface area contributed by atoms with Crippen LogP contribution < -0.4 is 9.66 Å². The molecule has 0 bridgehead atoms. The van der Waals surface area contributed by atoms with Gasteiger partial charge in [-0.3, -0.25) is 19.7 Å². The predicted octanol–water partition coefficient (Wildman–Crippen LogP) is 1.17. The van der Waals surface area contributed by atoms with Crippen molar-refractivity contribution in [3.8, 4) is 0 Å². The van der Waals surface area contributed by atoms with E-state index in [2.05, 4.69) is 25.8 Å². The number of carbonyl (C=O) groups excluding carboxylic acids is 3. The van der Waals surface area contributed by atoms with Crippen LogP contribution in [-0.2, 0) is 16.1 Å². The SMILES string of the molecule is O=C1CCC(N2Cc3c(NBr)cccc3C2=O)C(=O)N1. The van der Waals surface area contributed by atoms with E-state index in [0.717, 1.165) is 11.3 Å². The minimum atomic E-state index is -0.573. The summed E-state index contributed by atoms with van der Waals surface area (Å²) in [6.45, 7) is 0.370. The van der Waals surface area contributed by atoms with Gasteiger partial charge in [-0.2, -0.15) is 0 Å². The van der Waals surface area contributed by atoms with Crippen molar-refractivity contribution in [1.82, 2.24) is 10.2 Å². The van der Waals surface area contributed by atoms with Crippen molar-refractivity contribution in [3.05, 3.63) is 29.3 Å². The number of imide groups is 1. The fourth-order valence-corrected chi connectivity index (χ4v) is 3.05. The molecule has 3 amide bonds. The van der Waals surface area contributed by atoms with E-state index < -0.39 is 11.9 Å². The number of piperidine rings is 1. The van der Waals surface area contributed by atoms with Gasteiger partial charge >= 0.3 is 0 Å². The molecule has 1 aromatic carbocycles. The molecule has 1 aromatic rings. The van der Waals surface area contributed by atoms with Gasteiger partial charge in [0.15, 0.2) is 0 Å². The minimum Gasteiger partial charge on any atom is -0.322 e. The number of benzene rings is 1. The van der Waals surface area contributed by atoms with Gasteiger partial charge in [-0.15, -0.1) is 0 Å². The van der Waals surface area contributed by atoms with Crippen LogP contribution in [-0.4, -0.2) is 28.7 Å². The molecule has 20 heavy (non-hydrogen) atoms. The third-order valence-electron chi connectivity index (χ3n) is 3.68. The first-order chi connectivity index (χ1) is 9.61. The average molecular weight is 338 g/mol. The molecule has 7 heteroatoms. The standard InChI is InChI=1S/C13H12BrN3O3/c14-16-9-3-1-2-7-8(9)6-17(13(7)20)10-4-5-11(18)15-12(10)19/h1-3,10,16H,4-6H2,(H,15,18,19). The van der Waals surface area contributed by atoms with Crippen LogP contribution in [0.5, 0.6) is 0 Å². The summed E-state index contributed by atoms with van der Waals surface area (Å²) in [5, 5.41) is 2.29. The Labute approximate surface area is 123 Å². The second-order valence-electron chi connectivity index (χ2n) is 4.83. The van der Waals surface area contributed by atoms with Gasteiger partial charge in [-0.25, -0.2) is 0 Å². The highest BCUT2D eigenvalue weighted by atomic mass is 79.9. The Bertz CT molecular complexity index is 617. The minimum absolute atomic E-state index is 0.168. The summed E-state index contributed by atoms with van der Waals surface area (Å²) in [5.41, 5.74) is 2.27. The highest BCUT2D eigenvalue weighted by molar-refractivity contribution is 9.10. The van der Waals surface area contributed by atoms with E-state index in [4.69, 9.17) is 0 Å². The van der Waals surface area contributed by atoms with Crippen molar-refractivity contribution in [1.29, 1.82) is 0 Å². The van der Waals surface area contributed by atoms with E-state index in [1.165, 1.54) is 4.90 Å². The molecule has 6 nitrogen and oxygen atoms in total. The van der Waals surface area contributed by atoms with Crippen molar-refractivity contribution in [3.63, 3.8) is 0 Å². The van der Waals surface area contributed by atoms with Crippen molar-refractivity contribution in [2.24, 2.45) is 0 Å². The van der Waals surface area contributed by atoms with Crippen LogP contribution in [0, 0.1) is 0 Å². The molecule has 0 radical (unpaired) electrons. The molecule has 1 fully saturated rings. The lowest BCUT2D eigenvalue weighted by Gasteiger charge is -2.29. The zero-order chi connectivity index (χ0) is 14.3. The molecule has 2 aliphatic rings. The first-order valence-electron chi connectivity index (χ1n) is 6.25. The summed E-state index contributed by atoms with van der Waals surface area (Å²) >= 11 is 3.16. The largest absolute Gasteiger partial charge is 0.322 e. The molecule has 0 saturated carbocycles. The number of fused-ring (bicyclic) bond motifs is 1. The molecule has 104 valence electrons. The Hall–Kier alpha value is -1.89. The Morgan fingerprint density at radius 1 is 1.30 bits per heavy atom. The van der Waals surface area contributed by atoms with Crippen LogP contribution in [0.1, 0.15) is 28.8 Å². The van der Waals surface area contributed by atoms with Crippen LogP contribution in [0.25, 0.3) is 0 Å². The molecule has 3 rings (SSSR count). The zero-order valence-electron chi connectivity index (χ0n) is 10.5. The van der Waals surface area contributed by atoms with Crippen molar-refractivity contribution in [2.45, 2.75) is 25.4 Å². The molecule has 2 heterocycles. The van der Waals surface area contributed by atoms with Gasteiger partial charge < -0.3 is 9.24 Å². The Morgan fingerprint density at radius 2 is 2.10 bits per heavy atom. The van der Waals surface area contributed by atoms with Crippen molar-refractivity contribution >= 4 is 39.6 Å². The molecule has 1 saturated heterocycles. The Morgan fingerprint density at radius 3 is 2.80 bits per heavy atom. The number of hydrogen-bond acceptors (Lipinski definition) is 4. The molecule has 2 aliphatic heterocycles. The van der Waals surface area contributed by atoms with E-state index >= 15 is 0 Å². The van der Waals surface area contributed by atoms with Gasteiger partial charge in [0.2, 0.25) is 11.8 Å². The van der Waals surface area contributed by atoms with Crippen LogP contribution in [0.2, 0.25) is 0 Å². The van der Waals surface area contributed by atoms with E-state index in [1.807, 2.05) is 6.07 Å². The molecule has 1 unspecified atom stereocenters. The fourth-order valence-electron chi connectivity index (χ4n) is 2.67. The van der Waals surface area contributed by atoms with Gasteiger partial charge in [0.05, 0.1) is 0 Å². The second-order valence-corrected chi connectivity index (χ2v) is 5.22. The molecule has 1 atom stereocenters. The Kier molecular flexibility index (Phi) is 3.21. The third kappa shape index (κ3) is 1.98.